The summed E-state index contributed by atoms with van der Waals surface area (Å²) in [6.07, 6.45) is 7.04. The van der Waals surface area contributed by atoms with E-state index in [0.29, 0.717) is 6.79 Å². The first-order chi connectivity index (χ1) is 8.93. The summed E-state index contributed by atoms with van der Waals surface area (Å²) in [4.78, 5) is 0. The Hall–Kier alpha value is -1.22. The maximum absolute atomic E-state index is 5.50. The standard InChI is InChI=1S/C15H21NO2/c1-2-5-12(4-1)8-9-16-10-13-6-3-7-14-15(13)18-11-17-14/h3,6-7,12,16H,1-2,4-5,8-11H2. The Labute approximate surface area is 108 Å². The second-order valence-corrected chi connectivity index (χ2v) is 5.27. The molecule has 0 saturated heterocycles. The molecule has 0 spiro atoms. The summed E-state index contributed by atoms with van der Waals surface area (Å²) in [6, 6.07) is 6.10. The molecule has 0 radical (unpaired) electrons. The summed E-state index contributed by atoms with van der Waals surface area (Å²) in [5.74, 6) is 2.76. The van der Waals surface area contributed by atoms with Gasteiger partial charge in [0.1, 0.15) is 0 Å². The predicted molar refractivity (Wildman–Crippen MR) is 70.8 cm³/mol. The first-order valence-electron chi connectivity index (χ1n) is 7.02. The molecule has 0 bridgehead atoms. The number of nitrogens with one attached hydrogen (secondary N) is 1. The van der Waals surface area contributed by atoms with Crippen LogP contribution in [0.4, 0.5) is 0 Å². The number of fused-ring (bicyclic) bond motifs is 1. The number of hydrogen-bond acceptors (Lipinski definition) is 3. The zero-order valence-corrected chi connectivity index (χ0v) is 10.8. The van der Waals surface area contributed by atoms with Gasteiger partial charge < -0.3 is 14.8 Å². The van der Waals surface area contributed by atoms with Crippen LogP contribution in [0.25, 0.3) is 0 Å². The zero-order valence-electron chi connectivity index (χ0n) is 10.8. The van der Waals surface area contributed by atoms with Gasteiger partial charge in [0.05, 0.1) is 0 Å². The lowest BCUT2D eigenvalue weighted by Gasteiger charge is -2.10. The highest BCUT2D eigenvalue weighted by Crippen LogP contribution is 2.35. The van der Waals surface area contributed by atoms with E-state index in [4.69, 9.17) is 9.47 Å². The zero-order chi connectivity index (χ0) is 12.2. The molecule has 0 atom stereocenters. The maximum atomic E-state index is 5.50. The summed E-state index contributed by atoms with van der Waals surface area (Å²) in [5, 5.41) is 3.52. The highest BCUT2D eigenvalue weighted by molar-refractivity contribution is 5.48. The topological polar surface area (TPSA) is 30.5 Å². The van der Waals surface area contributed by atoms with Gasteiger partial charge in [-0.1, -0.05) is 37.8 Å². The van der Waals surface area contributed by atoms with E-state index in [9.17, 15) is 0 Å². The van der Waals surface area contributed by atoms with Gasteiger partial charge in [0.2, 0.25) is 6.79 Å². The SMILES string of the molecule is c1cc(CNCCC2CCCC2)c2c(c1)OCO2. The van der Waals surface area contributed by atoms with Gasteiger partial charge in [-0.15, -0.1) is 0 Å². The third-order valence-corrected chi connectivity index (χ3v) is 4.00. The molecule has 1 aliphatic carbocycles. The number of ether oxygens (including phenoxy) is 2. The highest BCUT2D eigenvalue weighted by atomic mass is 16.7. The summed E-state index contributed by atoms with van der Waals surface area (Å²) < 4.78 is 10.9. The van der Waals surface area contributed by atoms with Crippen molar-refractivity contribution in [3.05, 3.63) is 23.8 Å². The fourth-order valence-corrected chi connectivity index (χ4v) is 2.96. The van der Waals surface area contributed by atoms with Gasteiger partial charge in [0.15, 0.2) is 11.5 Å². The molecule has 1 fully saturated rings. The average molecular weight is 247 g/mol. The van der Waals surface area contributed by atoms with Gasteiger partial charge in [-0.2, -0.15) is 0 Å². The minimum Gasteiger partial charge on any atom is -0.454 e. The molecule has 1 aromatic rings. The van der Waals surface area contributed by atoms with Crippen molar-refractivity contribution < 1.29 is 9.47 Å². The molecule has 98 valence electrons. The number of rotatable bonds is 5. The number of hydrogen-bond donors (Lipinski definition) is 1. The third-order valence-electron chi connectivity index (χ3n) is 4.00. The lowest BCUT2D eigenvalue weighted by molar-refractivity contribution is 0.173. The molecule has 3 rings (SSSR count). The fourth-order valence-electron chi connectivity index (χ4n) is 2.96. The molecule has 18 heavy (non-hydrogen) atoms. The molecule has 3 heteroatoms. The Morgan fingerprint density at radius 3 is 2.94 bits per heavy atom. The highest BCUT2D eigenvalue weighted by Gasteiger charge is 2.17. The Balaban J connectivity index is 1.47. The van der Waals surface area contributed by atoms with E-state index in [0.717, 1.165) is 30.5 Å². The Morgan fingerprint density at radius 1 is 1.17 bits per heavy atom. The lowest BCUT2D eigenvalue weighted by atomic mass is 10.0. The first kappa shape index (κ1) is 11.8. The van der Waals surface area contributed by atoms with E-state index in [1.54, 1.807) is 0 Å². The smallest absolute Gasteiger partial charge is 0.231 e. The number of para-hydroxylation sites is 1. The molecule has 2 aliphatic rings. The van der Waals surface area contributed by atoms with Crippen molar-refractivity contribution in [2.45, 2.75) is 38.6 Å². The van der Waals surface area contributed by atoms with Crippen LogP contribution in [-0.2, 0) is 6.54 Å². The molecule has 1 aromatic carbocycles. The van der Waals surface area contributed by atoms with Gasteiger partial charge in [-0.05, 0) is 24.9 Å². The van der Waals surface area contributed by atoms with E-state index in [1.807, 2.05) is 12.1 Å². The van der Waals surface area contributed by atoms with Crippen molar-refractivity contribution in [2.24, 2.45) is 5.92 Å². The summed E-state index contributed by atoms with van der Waals surface area (Å²) in [7, 11) is 0. The van der Waals surface area contributed by atoms with Crippen molar-refractivity contribution in [3.63, 3.8) is 0 Å². The van der Waals surface area contributed by atoms with Crippen molar-refractivity contribution in [3.8, 4) is 11.5 Å². The normalized spacial score (nSPS) is 18.4. The molecule has 0 amide bonds. The van der Waals surface area contributed by atoms with Crippen LogP contribution in [0.3, 0.4) is 0 Å². The molecular formula is C15H21NO2. The van der Waals surface area contributed by atoms with Crippen LogP contribution in [-0.4, -0.2) is 13.3 Å². The maximum Gasteiger partial charge on any atom is 0.231 e. The molecule has 1 N–H and O–H groups in total. The van der Waals surface area contributed by atoms with E-state index in [2.05, 4.69) is 11.4 Å². The molecule has 1 aliphatic heterocycles. The predicted octanol–water partition coefficient (Wildman–Crippen LogP) is 3.09. The third kappa shape index (κ3) is 2.61. The second kappa shape index (κ2) is 5.61. The minimum absolute atomic E-state index is 0.356. The Morgan fingerprint density at radius 2 is 2.06 bits per heavy atom. The average Bonchev–Trinajstić information content (AvgIpc) is 3.05. The summed E-state index contributed by atoms with van der Waals surface area (Å²) in [6.45, 7) is 2.34. The van der Waals surface area contributed by atoms with Crippen LogP contribution in [0, 0.1) is 5.92 Å². The van der Waals surface area contributed by atoms with Gasteiger partial charge in [0, 0.05) is 12.1 Å². The lowest BCUT2D eigenvalue weighted by Crippen LogP contribution is -2.17. The molecule has 1 saturated carbocycles. The van der Waals surface area contributed by atoms with Crippen LogP contribution in [0.5, 0.6) is 11.5 Å². The molecule has 1 heterocycles. The summed E-state index contributed by atoms with van der Waals surface area (Å²) in [5.41, 5.74) is 1.21. The Bertz CT molecular complexity index is 399. The largest absolute Gasteiger partial charge is 0.454 e. The molecule has 0 aromatic heterocycles. The van der Waals surface area contributed by atoms with Gasteiger partial charge >= 0.3 is 0 Å². The Kier molecular flexibility index (Phi) is 3.69. The van der Waals surface area contributed by atoms with E-state index < -0.39 is 0 Å². The van der Waals surface area contributed by atoms with Crippen LogP contribution >= 0.6 is 0 Å². The van der Waals surface area contributed by atoms with Crippen LogP contribution in [0.2, 0.25) is 0 Å². The second-order valence-electron chi connectivity index (χ2n) is 5.27. The molecule has 0 unspecified atom stereocenters. The fraction of sp³-hybridized carbons (Fsp3) is 0.600. The quantitative estimate of drug-likeness (QED) is 0.811. The van der Waals surface area contributed by atoms with Crippen LogP contribution in [0.15, 0.2) is 18.2 Å². The van der Waals surface area contributed by atoms with E-state index >= 15 is 0 Å². The van der Waals surface area contributed by atoms with Gasteiger partial charge in [0.25, 0.3) is 0 Å². The minimum atomic E-state index is 0.356. The van der Waals surface area contributed by atoms with Gasteiger partial charge in [-0.3, -0.25) is 0 Å². The molecule has 3 nitrogen and oxygen atoms in total. The van der Waals surface area contributed by atoms with Crippen molar-refractivity contribution >= 4 is 0 Å². The van der Waals surface area contributed by atoms with E-state index in [1.165, 1.54) is 37.7 Å². The first-order valence-corrected chi connectivity index (χ1v) is 7.02. The molecular weight excluding hydrogens is 226 g/mol. The van der Waals surface area contributed by atoms with Gasteiger partial charge in [-0.25, -0.2) is 0 Å². The number of benzene rings is 1. The monoisotopic (exact) mass is 247 g/mol. The van der Waals surface area contributed by atoms with Crippen LogP contribution in [0.1, 0.15) is 37.7 Å². The summed E-state index contributed by atoms with van der Waals surface area (Å²) >= 11 is 0. The van der Waals surface area contributed by atoms with E-state index in [-0.39, 0.29) is 0 Å². The van der Waals surface area contributed by atoms with Crippen molar-refractivity contribution in [1.82, 2.24) is 5.32 Å². The van der Waals surface area contributed by atoms with Crippen molar-refractivity contribution in [1.29, 1.82) is 0 Å². The van der Waals surface area contributed by atoms with Crippen LogP contribution < -0.4 is 14.8 Å². The van der Waals surface area contributed by atoms with Crippen molar-refractivity contribution in [2.75, 3.05) is 13.3 Å².